The fraction of sp³-hybridized carbons (Fsp3) is 0.636. The van der Waals surface area contributed by atoms with E-state index in [4.69, 9.17) is 4.74 Å². The van der Waals surface area contributed by atoms with Gasteiger partial charge in [0.1, 0.15) is 0 Å². The molecule has 1 unspecified atom stereocenters. The highest BCUT2D eigenvalue weighted by molar-refractivity contribution is 5.98. The first-order chi connectivity index (χ1) is 7.53. The van der Waals surface area contributed by atoms with E-state index in [1.54, 1.807) is 6.92 Å². The van der Waals surface area contributed by atoms with Crippen molar-refractivity contribution in [1.29, 1.82) is 0 Å². The van der Waals surface area contributed by atoms with Crippen molar-refractivity contribution >= 4 is 11.9 Å². The summed E-state index contributed by atoms with van der Waals surface area (Å²) < 4.78 is 14.6. The predicted molar refractivity (Wildman–Crippen MR) is 55.7 cm³/mol. The molecule has 16 heavy (non-hydrogen) atoms. The molecule has 0 aromatic rings. The lowest BCUT2D eigenvalue weighted by molar-refractivity contribution is -0.140. The van der Waals surface area contributed by atoms with E-state index in [2.05, 4.69) is 9.47 Å². The molecule has 0 bridgehead atoms. The molecule has 0 aromatic carbocycles. The summed E-state index contributed by atoms with van der Waals surface area (Å²) in [5.41, 5.74) is -0.541. The third-order valence-corrected chi connectivity index (χ3v) is 2.66. The standard InChI is InChI=1S/C11H16O5/c1-11(5-4-6-16-11)8(10(13)15-3)7-9(12)14-2/h7H,4-6H2,1-3H3/b8-7-. The molecule has 90 valence electrons. The summed E-state index contributed by atoms with van der Waals surface area (Å²) in [6.07, 6.45) is 2.67. The number of ether oxygens (including phenoxy) is 3. The molecule has 0 saturated carbocycles. The maximum absolute atomic E-state index is 11.6. The molecule has 5 heteroatoms. The van der Waals surface area contributed by atoms with Crippen molar-refractivity contribution < 1.29 is 23.8 Å². The lowest BCUT2D eigenvalue weighted by Gasteiger charge is -2.24. The molecule has 1 aliphatic heterocycles. The Labute approximate surface area is 94.4 Å². The van der Waals surface area contributed by atoms with Crippen LogP contribution in [0.2, 0.25) is 0 Å². The van der Waals surface area contributed by atoms with Crippen LogP contribution >= 0.6 is 0 Å². The van der Waals surface area contributed by atoms with Crippen molar-refractivity contribution in [2.75, 3.05) is 20.8 Å². The van der Waals surface area contributed by atoms with Crippen LogP contribution in [0.15, 0.2) is 11.6 Å². The van der Waals surface area contributed by atoms with Gasteiger partial charge in [-0.2, -0.15) is 0 Å². The molecule has 0 aromatic heterocycles. The first-order valence-corrected chi connectivity index (χ1v) is 5.06. The van der Waals surface area contributed by atoms with Crippen LogP contribution < -0.4 is 0 Å². The van der Waals surface area contributed by atoms with E-state index in [0.717, 1.165) is 12.5 Å². The fourth-order valence-corrected chi connectivity index (χ4v) is 1.71. The second-order valence-electron chi connectivity index (χ2n) is 3.76. The maximum Gasteiger partial charge on any atom is 0.336 e. The van der Waals surface area contributed by atoms with Crippen molar-refractivity contribution in [3.8, 4) is 0 Å². The van der Waals surface area contributed by atoms with Gasteiger partial charge in [-0.25, -0.2) is 9.59 Å². The summed E-state index contributed by atoms with van der Waals surface area (Å²) in [5.74, 6) is -1.15. The number of carbonyl (C=O) groups excluding carboxylic acids is 2. The Balaban J connectivity index is 3.00. The molecule has 1 heterocycles. The molecule has 0 aliphatic carbocycles. The van der Waals surface area contributed by atoms with Crippen LogP contribution in [-0.4, -0.2) is 38.4 Å². The Kier molecular flexibility index (Phi) is 4.06. The van der Waals surface area contributed by atoms with Crippen LogP contribution in [-0.2, 0) is 23.8 Å². The quantitative estimate of drug-likeness (QED) is 0.529. The highest BCUT2D eigenvalue weighted by Gasteiger charge is 2.38. The lowest BCUT2D eigenvalue weighted by atomic mass is 9.92. The molecule has 0 radical (unpaired) electrons. The van der Waals surface area contributed by atoms with E-state index in [1.807, 2.05) is 0 Å². The van der Waals surface area contributed by atoms with Gasteiger partial charge in [0.15, 0.2) is 0 Å². The zero-order valence-corrected chi connectivity index (χ0v) is 9.74. The summed E-state index contributed by atoms with van der Waals surface area (Å²) in [6.45, 7) is 2.34. The van der Waals surface area contributed by atoms with E-state index in [0.29, 0.717) is 13.0 Å². The highest BCUT2D eigenvalue weighted by atomic mass is 16.5. The van der Waals surface area contributed by atoms with Crippen molar-refractivity contribution in [1.82, 2.24) is 0 Å². The van der Waals surface area contributed by atoms with Crippen LogP contribution in [0.3, 0.4) is 0 Å². The highest BCUT2D eigenvalue weighted by Crippen LogP contribution is 2.33. The molecule has 1 fully saturated rings. The van der Waals surface area contributed by atoms with Crippen LogP contribution in [0.25, 0.3) is 0 Å². The number of esters is 2. The molecule has 5 nitrogen and oxygen atoms in total. The minimum absolute atomic E-state index is 0.208. The van der Waals surface area contributed by atoms with E-state index in [-0.39, 0.29) is 5.57 Å². The van der Waals surface area contributed by atoms with Gasteiger partial charge in [-0.1, -0.05) is 0 Å². The fourth-order valence-electron chi connectivity index (χ4n) is 1.71. The number of methoxy groups -OCH3 is 2. The zero-order valence-electron chi connectivity index (χ0n) is 9.74. The van der Waals surface area contributed by atoms with Crippen molar-refractivity contribution in [2.24, 2.45) is 0 Å². The Hall–Kier alpha value is -1.36. The third-order valence-electron chi connectivity index (χ3n) is 2.66. The van der Waals surface area contributed by atoms with Gasteiger partial charge < -0.3 is 14.2 Å². The molecule has 1 saturated heterocycles. The Bertz CT molecular complexity index is 312. The van der Waals surface area contributed by atoms with Crippen molar-refractivity contribution in [2.45, 2.75) is 25.4 Å². The van der Waals surface area contributed by atoms with Gasteiger partial charge in [0.2, 0.25) is 0 Å². The van der Waals surface area contributed by atoms with Gasteiger partial charge in [-0.3, -0.25) is 0 Å². The number of rotatable bonds is 3. The van der Waals surface area contributed by atoms with Gasteiger partial charge in [-0.05, 0) is 19.8 Å². The van der Waals surface area contributed by atoms with Gasteiger partial charge in [0.05, 0.1) is 25.4 Å². The first kappa shape index (κ1) is 12.7. The minimum Gasteiger partial charge on any atom is -0.466 e. The molecular weight excluding hydrogens is 212 g/mol. The van der Waals surface area contributed by atoms with Gasteiger partial charge in [0.25, 0.3) is 0 Å². The van der Waals surface area contributed by atoms with Gasteiger partial charge >= 0.3 is 11.9 Å². The average Bonchev–Trinajstić information content (AvgIpc) is 2.72. The van der Waals surface area contributed by atoms with Crippen LogP contribution in [0.5, 0.6) is 0 Å². The molecule has 0 amide bonds. The molecular formula is C11H16O5. The number of carbonyl (C=O) groups is 2. The minimum atomic E-state index is -0.749. The summed E-state index contributed by atoms with van der Waals surface area (Å²) in [4.78, 5) is 22.8. The molecule has 1 aliphatic rings. The zero-order chi connectivity index (χ0) is 12.2. The third kappa shape index (κ3) is 2.61. The Morgan fingerprint density at radius 1 is 1.31 bits per heavy atom. The summed E-state index contributed by atoms with van der Waals surface area (Å²) >= 11 is 0. The molecule has 0 spiro atoms. The number of hydrogen-bond donors (Lipinski definition) is 0. The topological polar surface area (TPSA) is 61.8 Å². The predicted octanol–water partition coefficient (Wildman–Crippen LogP) is 0.828. The van der Waals surface area contributed by atoms with Crippen molar-refractivity contribution in [3.05, 3.63) is 11.6 Å². The largest absolute Gasteiger partial charge is 0.466 e. The Morgan fingerprint density at radius 2 is 2.00 bits per heavy atom. The van der Waals surface area contributed by atoms with Crippen molar-refractivity contribution in [3.63, 3.8) is 0 Å². The maximum atomic E-state index is 11.6. The number of hydrogen-bond acceptors (Lipinski definition) is 5. The smallest absolute Gasteiger partial charge is 0.336 e. The van der Waals surface area contributed by atoms with Gasteiger partial charge in [-0.15, -0.1) is 0 Å². The normalized spacial score (nSPS) is 25.3. The second-order valence-corrected chi connectivity index (χ2v) is 3.76. The molecule has 0 N–H and O–H groups in total. The monoisotopic (exact) mass is 228 g/mol. The van der Waals surface area contributed by atoms with Crippen LogP contribution in [0, 0.1) is 0 Å². The second kappa shape index (κ2) is 5.12. The van der Waals surface area contributed by atoms with Crippen LogP contribution in [0.1, 0.15) is 19.8 Å². The lowest BCUT2D eigenvalue weighted by Crippen LogP contribution is -2.32. The summed E-state index contributed by atoms with van der Waals surface area (Å²) in [5, 5.41) is 0. The van der Waals surface area contributed by atoms with E-state index in [1.165, 1.54) is 14.2 Å². The van der Waals surface area contributed by atoms with E-state index < -0.39 is 17.5 Å². The van der Waals surface area contributed by atoms with E-state index >= 15 is 0 Å². The summed E-state index contributed by atoms with van der Waals surface area (Å²) in [7, 11) is 2.53. The van der Waals surface area contributed by atoms with Gasteiger partial charge in [0, 0.05) is 12.7 Å². The Morgan fingerprint density at radius 3 is 2.44 bits per heavy atom. The van der Waals surface area contributed by atoms with E-state index in [9.17, 15) is 9.59 Å². The molecule has 1 rings (SSSR count). The van der Waals surface area contributed by atoms with Crippen LogP contribution in [0.4, 0.5) is 0 Å². The summed E-state index contributed by atoms with van der Waals surface area (Å²) in [6, 6.07) is 0. The molecule has 1 atom stereocenters. The first-order valence-electron chi connectivity index (χ1n) is 5.06. The average molecular weight is 228 g/mol. The SMILES string of the molecule is COC(=O)/C=C(/C(=O)OC)C1(C)CCCO1.